The topological polar surface area (TPSA) is 65.2 Å². The molecule has 0 unspecified atom stereocenters. The monoisotopic (exact) mass is 469 g/mol. The van der Waals surface area contributed by atoms with Gasteiger partial charge < -0.3 is 15.2 Å². The van der Waals surface area contributed by atoms with Crippen molar-refractivity contribution in [1.29, 1.82) is 0 Å². The Kier molecular flexibility index (Phi) is 6.36. The first-order valence-electron chi connectivity index (χ1n) is 12.1. The number of rotatable bonds is 6. The van der Waals surface area contributed by atoms with Gasteiger partial charge in [0.2, 0.25) is 5.91 Å². The highest BCUT2D eigenvalue weighted by atomic mass is 19.1. The zero-order valence-corrected chi connectivity index (χ0v) is 19.7. The van der Waals surface area contributed by atoms with Crippen LogP contribution in [-0.2, 0) is 11.2 Å². The molecule has 1 aromatic heterocycles. The lowest BCUT2D eigenvalue weighted by Crippen LogP contribution is -2.28. The SMILES string of the molecule is Cc1c(NC(=O)CCc2c(-c3ccccc3)[nH]c3ccc(F)cc23)cccc1C(=O)N1CCCC1. The van der Waals surface area contributed by atoms with Gasteiger partial charge in [-0.3, -0.25) is 9.59 Å². The van der Waals surface area contributed by atoms with Gasteiger partial charge in [-0.2, -0.15) is 0 Å². The number of carbonyl (C=O) groups is 2. The highest BCUT2D eigenvalue weighted by molar-refractivity contribution is 6.00. The van der Waals surface area contributed by atoms with Gasteiger partial charge in [-0.05, 0) is 73.2 Å². The first-order chi connectivity index (χ1) is 17.0. The Hall–Kier alpha value is -3.93. The van der Waals surface area contributed by atoms with Crippen molar-refractivity contribution in [3.63, 3.8) is 0 Å². The molecule has 0 radical (unpaired) electrons. The molecule has 0 bridgehead atoms. The Labute approximate surface area is 204 Å². The average molecular weight is 470 g/mol. The predicted molar refractivity (Wildman–Crippen MR) is 137 cm³/mol. The van der Waals surface area contributed by atoms with E-state index in [1.54, 1.807) is 6.07 Å². The number of hydrogen-bond acceptors (Lipinski definition) is 2. The number of nitrogens with one attached hydrogen (secondary N) is 2. The Balaban J connectivity index is 1.36. The molecular weight excluding hydrogens is 441 g/mol. The Morgan fingerprint density at radius 3 is 2.54 bits per heavy atom. The van der Waals surface area contributed by atoms with E-state index in [9.17, 15) is 14.0 Å². The lowest BCUT2D eigenvalue weighted by atomic mass is 10.0. The number of aromatic amines is 1. The summed E-state index contributed by atoms with van der Waals surface area (Å²) in [5.74, 6) is -0.440. The highest BCUT2D eigenvalue weighted by Crippen LogP contribution is 2.32. The van der Waals surface area contributed by atoms with Crippen LogP contribution in [0.2, 0.25) is 0 Å². The van der Waals surface area contributed by atoms with Crippen molar-refractivity contribution >= 4 is 28.4 Å². The summed E-state index contributed by atoms with van der Waals surface area (Å²) in [6, 6.07) is 20.0. The van der Waals surface area contributed by atoms with Gasteiger partial charge in [0, 0.05) is 47.4 Å². The minimum atomic E-state index is -0.308. The van der Waals surface area contributed by atoms with E-state index >= 15 is 0 Å². The van der Waals surface area contributed by atoms with Crippen molar-refractivity contribution in [3.8, 4) is 11.3 Å². The van der Waals surface area contributed by atoms with Crippen LogP contribution in [0.4, 0.5) is 10.1 Å². The zero-order chi connectivity index (χ0) is 24.4. The third-order valence-corrected chi connectivity index (χ3v) is 6.76. The molecule has 35 heavy (non-hydrogen) atoms. The predicted octanol–water partition coefficient (Wildman–Crippen LogP) is 6.09. The molecule has 4 aromatic rings. The largest absolute Gasteiger partial charge is 0.354 e. The molecule has 0 spiro atoms. The van der Waals surface area contributed by atoms with Gasteiger partial charge in [0.15, 0.2) is 0 Å². The lowest BCUT2D eigenvalue weighted by Gasteiger charge is -2.18. The molecule has 1 aliphatic rings. The number of carbonyl (C=O) groups excluding carboxylic acids is 2. The van der Waals surface area contributed by atoms with Gasteiger partial charge in [-0.1, -0.05) is 36.4 Å². The first kappa shape index (κ1) is 22.8. The summed E-state index contributed by atoms with van der Waals surface area (Å²) >= 11 is 0. The number of likely N-dealkylation sites (tertiary alicyclic amines) is 1. The Morgan fingerprint density at radius 2 is 1.77 bits per heavy atom. The summed E-state index contributed by atoms with van der Waals surface area (Å²) in [6.45, 7) is 3.43. The van der Waals surface area contributed by atoms with E-state index in [1.807, 2.05) is 60.4 Å². The third kappa shape index (κ3) is 4.69. The van der Waals surface area contributed by atoms with Crippen LogP contribution in [0.3, 0.4) is 0 Å². The number of halogens is 1. The van der Waals surface area contributed by atoms with Crippen molar-refractivity contribution in [1.82, 2.24) is 9.88 Å². The minimum Gasteiger partial charge on any atom is -0.354 e. The standard InChI is InChI=1S/C29H28FN3O2/c1-19-22(29(35)33-16-5-6-17-33)10-7-11-25(19)31-27(34)15-13-23-24-18-21(30)12-14-26(24)32-28(23)20-8-3-2-4-9-20/h2-4,7-12,14,18,32H,5-6,13,15-17H2,1H3,(H,31,34). The smallest absolute Gasteiger partial charge is 0.254 e. The maximum absolute atomic E-state index is 14.1. The summed E-state index contributed by atoms with van der Waals surface area (Å²) in [6.07, 6.45) is 2.74. The molecular formula is C29H28FN3O2. The average Bonchev–Trinajstić information content (AvgIpc) is 3.52. The molecule has 0 atom stereocenters. The van der Waals surface area contributed by atoms with Gasteiger partial charge in [0.25, 0.3) is 5.91 Å². The molecule has 0 aliphatic carbocycles. The molecule has 178 valence electrons. The van der Waals surface area contributed by atoms with E-state index in [0.29, 0.717) is 17.7 Å². The van der Waals surface area contributed by atoms with Gasteiger partial charge in [-0.25, -0.2) is 4.39 Å². The first-order valence-corrected chi connectivity index (χ1v) is 12.1. The summed E-state index contributed by atoms with van der Waals surface area (Å²) in [4.78, 5) is 31.1. The molecule has 6 heteroatoms. The summed E-state index contributed by atoms with van der Waals surface area (Å²) in [5.41, 5.74) is 5.69. The molecule has 5 nitrogen and oxygen atoms in total. The normalized spacial score (nSPS) is 13.4. The molecule has 2 heterocycles. The number of aryl methyl sites for hydroxylation is 1. The maximum Gasteiger partial charge on any atom is 0.254 e. The fourth-order valence-electron chi connectivity index (χ4n) is 4.88. The second-order valence-corrected chi connectivity index (χ2v) is 9.06. The van der Waals surface area contributed by atoms with E-state index in [0.717, 1.165) is 59.2 Å². The van der Waals surface area contributed by atoms with Crippen LogP contribution in [0.5, 0.6) is 0 Å². The Bertz CT molecular complexity index is 1390. The second kappa shape index (κ2) is 9.74. The van der Waals surface area contributed by atoms with Gasteiger partial charge in [-0.15, -0.1) is 0 Å². The quantitative estimate of drug-likeness (QED) is 0.359. The summed E-state index contributed by atoms with van der Waals surface area (Å²) < 4.78 is 14.1. The fourth-order valence-corrected chi connectivity index (χ4v) is 4.88. The summed E-state index contributed by atoms with van der Waals surface area (Å²) in [7, 11) is 0. The van der Waals surface area contributed by atoms with Crippen molar-refractivity contribution in [2.24, 2.45) is 0 Å². The van der Waals surface area contributed by atoms with Crippen LogP contribution in [0.25, 0.3) is 22.2 Å². The molecule has 1 aliphatic heterocycles. The summed E-state index contributed by atoms with van der Waals surface area (Å²) in [5, 5.41) is 3.77. The number of nitrogens with zero attached hydrogens (tertiary/aromatic N) is 1. The van der Waals surface area contributed by atoms with Crippen LogP contribution in [0.1, 0.15) is 40.7 Å². The fraction of sp³-hybridized carbons (Fsp3) is 0.241. The van der Waals surface area contributed by atoms with Crippen molar-refractivity contribution < 1.29 is 14.0 Å². The van der Waals surface area contributed by atoms with E-state index in [-0.39, 0.29) is 24.1 Å². The number of aromatic nitrogens is 1. The number of amides is 2. The molecule has 5 rings (SSSR count). The molecule has 3 aromatic carbocycles. The van der Waals surface area contributed by atoms with Crippen LogP contribution >= 0.6 is 0 Å². The number of H-pyrrole nitrogens is 1. The molecule has 1 fully saturated rings. The highest BCUT2D eigenvalue weighted by Gasteiger charge is 2.22. The van der Waals surface area contributed by atoms with E-state index in [4.69, 9.17) is 0 Å². The number of benzene rings is 3. The minimum absolute atomic E-state index is 0.0180. The van der Waals surface area contributed by atoms with Crippen molar-refractivity contribution in [2.75, 3.05) is 18.4 Å². The van der Waals surface area contributed by atoms with Crippen LogP contribution in [-0.4, -0.2) is 34.8 Å². The van der Waals surface area contributed by atoms with Gasteiger partial charge in [0.05, 0.1) is 0 Å². The van der Waals surface area contributed by atoms with E-state index in [2.05, 4.69) is 10.3 Å². The maximum atomic E-state index is 14.1. The lowest BCUT2D eigenvalue weighted by molar-refractivity contribution is -0.116. The van der Waals surface area contributed by atoms with Crippen molar-refractivity contribution in [3.05, 3.63) is 89.2 Å². The Morgan fingerprint density at radius 1 is 1.00 bits per heavy atom. The van der Waals surface area contributed by atoms with Crippen molar-refractivity contribution in [2.45, 2.75) is 32.6 Å². The van der Waals surface area contributed by atoms with Crippen LogP contribution < -0.4 is 5.32 Å². The van der Waals surface area contributed by atoms with E-state index in [1.165, 1.54) is 12.1 Å². The third-order valence-electron chi connectivity index (χ3n) is 6.76. The van der Waals surface area contributed by atoms with Gasteiger partial charge in [0.1, 0.15) is 5.82 Å². The molecule has 2 amide bonds. The van der Waals surface area contributed by atoms with E-state index < -0.39 is 0 Å². The number of hydrogen-bond donors (Lipinski definition) is 2. The zero-order valence-electron chi connectivity index (χ0n) is 19.7. The second-order valence-electron chi connectivity index (χ2n) is 9.06. The van der Waals surface area contributed by atoms with Gasteiger partial charge >= 0.3 is 0 Å². The molecule has 0 saturated carbocycles. The molecule has 2 N–H and O–H groups in total. The molecule has 1 saturated heterocycles. The van der Waals surface area contributed by atoms with Crippen LogP contribution in [0.15, 0.2) is 66.7 Å². The number of anilines is 1. The number of fused-ring (bicyclic) bond motifs is 1. The van der Waals surface area contributed by atoms with Crippen LogP contribution in [0, 0.1) is 12.7 Å².